The average molecular weight is 348 g/mol. The molecule has 26 heavy (non-hydrogen) atoms. The van der Waals surface area contributed by atoms with Gasteiger partial charge < -0.3 is 9.42 Å². The second-order valence-corrected chi connectivity index (χ2v) is 6.71. The van der Waals surface area contributed by atoms with Crippen LogP contribution in [0.15, 0.2) is 59.4 Å². The molecule has 0 bridgehead atoms. The van der Waals surface area contributed by atoms with Gasteiger partial charge in [-0.2, -0.15) is 4.98 Å². The number of amides is 1. The Hall–Kier alpha value is -3.02. The van der Waals surface area contributed by atoms with Gasteiger partial charge >= 0.3 is 0 Å². The summed E-state index contributed by atoms with van der Waals surface area (Å²) in [4.78, 5) is 22.9. The molecule has 3 aromatic rings. The first-order chi connectivity index (χ1) is 12.7. The van der Waals surface area contributed by atoms with E-state index in [9.17, 15) is 4.79 Å². The molecular formula is C20H20N4O2. The Balaban J connectivity index is 1.44. The molecule has 132 valence electrons. The van der Waals surface area contributed by atoms with Crippen LogP contribution < -0.4 is 0 Å². The minimum atomic E-state index is -0.0524. The molecule has 3 heterocycles. The van der Waals surface area contributed by atoms with E-state index >= 15 is 0 Å². The quantitative estimate of drug-likeness (QED) is 0.708. The molecule has 2 aromatic heterocycles. The largest absolute Gasteiger partial charge is 0.341 e. The number of benzene rings is 1. The first kappa shape index (κ1) is 16.4. The molecule has 0 radical (unpaired) electrons. The summed E-state index contributed by atoms with van der Waals surface area (Å²) in [7, 11) is 0. The minimum absolute atomic E-state index is 0.0524. The van der Waals surface area contributed by atoms with Crippen LogP contribution in [0.25, 0.3) is 11.4 Å². The Morgan fingerprint density at radius 2 is 2.08 bits per heavy atom. The van der Waals surface area contributed by atoms with Gasteiger partial charge in [0.25, 0.3) is 0 Å². The van der Waals surface area contributed by atoms with Gasteiger partial charge in [-0.3, -0.25) is 9.78 Å². The van der Waals surface area contributed by atoms with Crippen LogP contribution in [0.1, 0.15) is 36.6 Å². The number of pyridine rings is 1. The molecule has 1 aromatic carbocycles. The fraction of sp³-hybridized carbons (Fsp3) is 0.300. The molecule has 0 spiro atoms. The molecular weight excluding hydrogens is 328 g/mol. The number of nitrogens with zero attached hydrogens (tertiary/aromatic N) is 4. The van der Waals surface area contributed by atoms with Crippen LogP contribution in [-0.4, -0.2) is 39.0 Å². The van der Waals surface area contributed by atoms with E-state index in [0.29, 0.717) is 31.2 Å². The van der Waals surface area contributed by atoms with E-state index in [0.717, 1.165) is 5.56 Å². The van der Waals surface area contributed by atoms with Gasteiger partial charge in [-0.05, 0) is 23.6 Å². The number of hydrogen-bond donors (Lipinski definition) is 0. The molecule has 2 unspecified atom stereocenters. The molecule has 6 heteroatoms. The molecule has 0 N–H and O–H groups in total. The number of likely N-dealkylation sites (tertiary alicyclic amines) is 1. The first-order valence-corrected chi connectivity index (χ1v) is 8.77. The lowest BCUT2D eigenvalue weighted by atomic mass is 10.0. The lowest BCUT2D eigenvalue weighted by Gasteiger charge is -2.21. The maximum absolute atomic E-state index is 12.4. The zero-order valence-corrected chi connectivity index (χ0v) is 14.6. The molecule has 1 fully saturated rings. The summed E-state index contributed by atoms with van der Waals surface area (Å²) < 4.78 is 5.42. The fourth-order valence-electron chi connectivity index (χ4n) is 3.34. The van der Waals surface area contributed by atoms with E-state index in [2.05, 4.69) is 34.2 Å². The lowest BCUT2D eigenvalue weighted by molar-refractivity contribution is -0.127. The Morgan fingerprint density at radius 3 is 2.85 bits per heavy atom. The SMILES string of the molecule is CC(CN1CC(c2nc(-c3cccnc3)no2)CC1=O)c1ccccc1. The molecule has 2 atom stereocenters. The number of carbonyl (C=O) groups excluding carboxylic acids is 1. The third-order valence-electron chi connectivity index (χ3n) is 4.79. The molecule has 0 aliphatic carbocycles. The predicted octanol–water partition coefficient (Wildman–Crippen LogP) is 3.25. The van der Waals surface area contributed by atoms with Crippen LogP contribution in [-0.2, 0) is 4.79 Å². The molecule has 6 nitrogen and oxygen atoms in total. The van der Waals surface area contributed by atoms with Crippen LogP contribution in [0.5, 0.6) is 0 Å². The number of carbonyl (C=O) groups is 1. The van der Waals surface area contributed by atoms with Crippen molar-refractivity contribution in [3.63, 3.8) is 0 Å². The maximum atomic E-state index is 12.4. The summed E-state index contributed by atoms with van der Waals surface area (Å²) in [5.41, 5.74) is 2.04. The van der Waals surface area contributed by atoms with Crippen molar-refractivity contribution in [3.05, 3.63) is 66.3 Å². The monoisotopic (exact) mass is 348 g/mol. The van der Waals surface area contributed by atoms with Crippen molar-refractivity contribution >= 4 is 5.91 Å². The summed E-state index contributed by atoms with van der Waals surface area (Å²) in [5, 5.41) is 4.03. The smallest absolute Gasteiger partial charge is 0.232 e. The summed E-state index contributed by atoms with van der Waals surface area (Å²) >= 11 is 0. The third-order valence-corrected chi connectivity index (χ3v) is 4.79. The van der Waals surface area contributed by atoms with Crippen molar-refractivity contribution in [1.29, 1.82) is 0 Å². The molecule has 0 saturated carbocycles. The highest BCUT2D eigenvalue weighted by molar-refractivity contribution is 5.79. The zero-order valence-electron chi connectivity index (χ0n) is 14.6. The Bertz CT molecular complexity index is 879. The summed E-state index contributed by atoms with van der Waals surface area (Å²) in [6, 6.07) is 14.0. The second kappa shape index (κ2) is 7.07. The summed E-state index contributed by atoms with van der Waals surface area (Å²) in [6.45, 7) is 3.46. The predicted molar refractivity (Wildman–Crippen MR) is 96.3 cm³/mol. The van der Waals surface area contributed by atoms with Crippen molar-refractivity contribution in [3.8, 4) is 11.4 Å². The second-order valence-electron chi connectivity index (χ2n) is 6.71. The normalized spacial score (nSPS) is 18.3. The van der Waals surface area contributed by atoms with Gasteiger partial charge in [0.15, 0.2) is 0 Å². The Kier molecular flexibility index (Phi) is 4.48. The lowest BCUT2D eigenvalue weighted by Crippen LogP contribution is -2.29. The van der Waals surface area contributed by atoms with Gasteiger partial charge in [-0.25, -0.2) is 0 Å². The van der Waals surface area contributed by atoms with Crippen LogP contribution in [0, 0.1) is 0 Å². The van der Waals surface area contributed by atoms with Crippen molar-refractivity contribution in [2.24, 2.45) is 0 Å². The molecule has 1 amide bonds. The van der Waals surface area contributed by atoms with Gasteiger partial charge in [0, 0.05) is 37.5 Å². The van der Waals surface area contributed by atoms with Crippen LogP contribution in [0.2, 0.25) is 0 Å². The highest BCUT2D eigenvalue weighted by Gasteiger charge is 2.35. The molecule has 1 aliphatic heterocycles. The van der Waals surface area contributed by atoms with Crippen molar-refractivity contribution in [2.75, 3.05) is 13.1 Å². The number of hydrogen-bond acceptors (Lipinski definition) is 5. The van der Waals surface area contributed by atoms with Gasteiger partial charge in [0.1, 0.15) is 0 Å². The maximum Gasteiger partial charge on any atom is 0.232 e. The van der Waals surface area contributed by atoms with Gasteiger partial charge in [0.2, 0.25) is 17.6 Å². The van der Waals surface area contributed by atoms with Gasteiger partial charge in [0.05, 0.1) is 5.92 Å². The highest BCUT2D eigenvalue weighted by atomic mass is 16.5. The standard InChI is InChI=1S/C20H20N4O2/c1-14(15-6-3-2-4-7-15)12-24-13-17(10-18(24)25)20-22-19(23-26-20)16-8-5-9-21-11-16/h2-9,11,14,17H,10,12-13H2,1H3. The van der Waals surface area contributed by atoms with Crippen LogP contribution >= 0.6 is 0 Å². The number of aromatic nitrogens is 3. The third kappa shape index (κ3) is 3.35. The average Bonchev–Trinajstić information content (AvgIpc) is 3.31. The molecule has 4 rings (SSSR count). The van der Waals surface area contributed by atoms with E-state index in [1.807, 2.05) is 35.2 Å². The molecule has 1 aliphatic rings. The van der Waals surface area contributed by atoms with Crippen molar-refractivity contribution < 1.29 is 9.32 Å². The Labute approximate surface area is 151 Å². The highest BCUT2D eigenvalue weighted by Crippen LogP contribution is 2.30. The number of rotatable bonds is 5. The first-order valence-electron chi connectivity index (χ1n) is 8.77. The van der Waals surface area contributed by atoms with Gasteiger partial charge in [-0.15, -0.1) is 0 Å². The fourth-order valence-corrected chi connectivity index (χ4v) is 3.34. The Morgan fingerprint density at radius 1 is 1.23 bits per heavy atom. The van der Waals surface area contributed by atoms with Gasteiger partial charge in [-0.1, -0.05) is 42.4 Å². The van der Waals surface area contributed by atoms with E-state index in [4.69, 9.17) is 4.52 Å². The van der Waals surface area contributed by atoms with Crippen molar-refractivity contribution in [1.82, 2.24) is 20.0 Å². The minimum Gasteiger partial charge on any atom is -0.341 e. The van der Waals surface area contributed by atoms with E-state index in [-0.39, 0.29) is 17.7 Å². The van der Waals surface area contributed by atoms with Crippen molar-refractivity contribution in [2.45, 2.75) is 25.2 Å². The summed E-state index contributed by atoms with van der Waals surface area (Å²) in [5.74, 6) is 1.40. The van der Waals surface area contributed by atoms with E-state index in [1.165, 1.54) is 5.56 Å². The zero-order chi connectivity index (χ0) is 17.9. The molecule has 1 saturated heterocycles. The summed E-state index contributed by atoms with van der Waals surface area (Å²) in [6.07, 6.45) is 3.81. The van der Waals surface area contributed by atoms with E-state index in [1.54, 1.807) is 12.4 Å². The van der Waals surface area contributed by atoms with E-state index < -0.39 is 0 Å². The topological polar surface area (TPSA) is 72.1 Å². The van der Waals surface area contributed by atoms with Crippen LogP contribution in [0.4, 0.5) is 0 Å². The van der Waals surface area contributed by atoms with Crippen LogP contribution in [0.3, 0.4) is 0 Å².